The van der Waals surface area contributed by atoms with Crippen LogP contribution in [0.1, 0.15) is 30.9 Å². The molecule has 1 aromatic heterocycles. The Kier molecular flexibility index (Phi) is 5.14. The Morgan fingerprint density at radius 3 is 2.26 bits per heavy atom. The highest BCUT2D eigenvalue weighted by Gasteiger charge is 2.27. The number of hydrogen-bond donors (Lipinski definition) is 2. The second-order valence-corrected chi connectivity index (χ2v) is 6.64. The van der Waals surface area contributed by atoms with Crippen molar-refractivity contribution in [2.24, 2.45) is 0 Å². The average Bonchev–Trinajstić information content (AvgIpc) is 2.48. The van der Waals surface area contributed by atoms with E-state index < -0.39 is 10.0 Å². The largest absolute Gasteiger partial charge is 0.465 e. The summed E-state index contributed by atoms with van der Waals surface area (Å²) >= 11 is 0. The molecule has 0 saturated carbocycles. The Morgan fingerprint density at radius 1 is 1.21 bits per heavy atom. The molecular weight excluding hydrogens is 266 g/mol. The molecule has 110 valence electrons. The molecule has 19 heavy (non-hydrogen) atoms. The molecule has 6 nitrogen and oxygen atoms in total. The van der Waals surface area contributed by atoms with Crippen molar-refractivity contribution >= 4 is 10.0 Å². The van der Waals surface area contributed by atoms with Crippen molar-refractivity contribution < 1.29 is 12.8 Å². The first-order valence-corrected chi connectivity index (χ1v) is 7.65. The fourth-order valence-corrected chi connectivity index (χ4v) is 3.39. The molecule has 0 saturated heterocycles. The number of sulfonamides is 1. The van der Waals surface area contributed by atoms with Crippen LogP contribution >= 0.6 is 0 Å². The quantitative estimate of drug-likeness (QED) is 0.768. The first kappa shape index (κ1) is 16.2. The molecular formula is C12H23N3O3S. The van der Waals surface area contributed by atoms with Crippen LogP contribution in [-0.2, 0) is 16.6 Å². The number of aryl methyl sites for hydroxylation is 2. The minimum absolute atomic E-state index is 0.229. The first-order chi connectivity index (χ1) is 8.65. The van der Waals surface area contributed by atoms with Crippen LogP contribution in [0.3, 0.4) is 0 Å². The summed E-state index contributed by atoms with van der Waals surface area (Å²) in [6, 6.07) is 0.270. The van der Waals surface area contributed by atoms with E-state index in [1.54, 1.807) is 27.9 Å². The van der Waals surface area contributed by atoms with Crippen LogP contribution in [-0.4, -0.2) is 33.6 Å². The molecule has 0 bridgehead atoms. The van der Waals surface area contributed by atoms with Gasteiger partial charge in [-0.1, -0.05) is 13.8 Å². The van der Waals surface area contributed by atoms with E-state index in [0.717, 1.165) is 0 Å². The molecule has 0 atom stereocenters. The molecule has 1 heterocycles. The van der Waals surface area contributed by atoms with Crippen molar-refractivity contribution in [3.05, 3.63) is 17.1 Å². The van der Waals surface area contributed by atoms with Crippen molar-refractivity contribution in [1.82, 2.24) is 15.2 Å². The predicted octanol–water partition coefficient (Wildman–Crippen LogP) is 1.15. The van der Waals surface area contributed by atoms with E-state index in [4.69, 9.17) is 4.42 Å². The highest BCUT2D eigenvalue weighted by molar-refractivity contribution is 7.89. The van der Waals surface area contributed by atoms with Crippen molar-refractivity contribution in [2.45, 2.75) is 45.2 Å². The van der Waals surface area contributed by atoms with Gasteiger partial charge in [-0.25, -0.2) is 13.4 Å². The molecule has 7 heteroatoms. The second kappa shape index (κ2) is 6.04. The van der Waals surface area contributed by atoms with Gasteiger partial charge in [0.1, 0.15) is 16.4 Å². The maximum Gasteiger partial charge on any atom is 0.257 e. The monoisotopic (exact) mass is 289 g/mol. The maximum absolute atomic E-state index is 12.3. The van der Waals surface area contributed by atoms with Gasteiger partial charge in [-0.2, -0.15) is 0 Å². The minimum atomic E-state index is -3.61. The number of hydrogen-bond acceptors (Lipinski definition) is 5. The van der Waals surface area contributed by atoms with Gasteiger partial charge in [-0.3, -0.25) is 0 Å². The van der Waals surface area contributed by atoms with Gasteiger partial charge in [0.05, 0.1) is 0 Å². The SMILES string of the molecule is Cc1oc(C)c(S(=O)(=O)NN(C)C)c1CNC(C)C. The number of nitrogens with zero attached hydrogens (tertiary/aromatic N) is 1. The number of rotatable bonds is 6. The third kappa shape index (κ3) is 4.04. The molecule has 0 aliphatic carbocycles. The van der Waals surface area contributed by atoms with Crippen LogP contribution in [0.25, 0.3) is 0 Å². The van der Waals surface area contributed by atoms with Crippen molar-refractivity contribution in [3.63, 3.8) is 0 Å². The highest BCUT2D eigenvalue weighted by atomic mass is 32.2. The van der Waals surface area contributed by atoms with Crippen LogP contribution in [0.2, 0.25) is 0 Å². The third-order valence-electron chi connectivity index (χ3n) is 2.58. The Balaban J connectivity index is 3.19. The summed E-state index contributed by atoms with van der Waals surface area (Å²) in [5.41, 5.74) is 0.681. The van der Waals surface area contributed by atoms with Crippen LogP contribution in [0, 0.1) is 13.8 Å². The Labute approximate surface area is 115 Å². The van der Waals surface area contributed by atoms with E-state index in [2.05, 4.69) is 10.1 Å². The van der Waals surface area contributed by atoms with Gasteiger partial charge < -0.3 is 9.73 Å². The van der Waals surface area contributed by atoms with Gasteiger partial charge in [-0.05, 0) is 13.8 Å². The third-order valence-corrected chi connectivity index (χ3v) is 4.26. The summed E-state index contributed by atoms with van der Waals surface area (Å²) in [4.78, 5) is 2.66. The molecule has 0 aliphatic heterocycles. The summed E-state index contributed by atoms with van der Waals surface area (Å²) in [5, 5.41) is 4.62. The van der Waals surface area contributed by atoms with Gasteiger partial charge in [0.2, 0.25) is 0 Å². The zero-order valence-electron chi connectivity index (χ0n) is 12.4. The number of hydrazine groups is 1. The molecule has 1 aromatic rings. The lowest BCUT2D eigenvalue weighted by Gasteiger charge is -2.14. The van der Waals surface area contributed by atoms with Crippen molar-refractivity contribution in [1.29, 1.82) is 0 Å². The van der Waals surface area contributed by atoms with Gasteiger partial charge in [-0.15, -0.1) is 4.83 Å². The Hall–Kier alpha value is -0.890. The summed E-state index contributed by atoms with van der Waals surface area (Å²) in [7, 11) is -0.344. The average molecular weight is 289 g/mol. The topological polar surface area (TPSA) is 74.6 Å². The second-order valence-electron chi connectivity index (χ2n) is 5.05. The van der Waals surface area contributed by atoms with Crippen molar-refractivity contribution in [3.8, 4) is 0 Å². The minimum Gasteiger partial charge on any atom is -0.465 e. The fraction of sp³-hybridized carbons (Fsp3) is 0.667. The first-order valence-electron chi connectivity index (χ1n) is 6.17. The molecule has 0 aromatic carbocycles. The molecule has 0 amide bonds. The van der Waals surface area contributed by atoms with Gasteiger partial charge >= 0.3 is 0 Å². The summed E-state index contributed by atoms with van der Waals surface area (Å²) in [6.07, 6.45) is 0. The fourth-order valence-electron chi connectivity index (χ4n) is 1.86. The van der Waals surface area contributed by atoms with Crippen molar-refractivity contribution in [2.75, 3.05) is 14.1 Å². The summed E-state index contributed by atoms with van der Waals surface area (Å²) in [6.45, 7) is 7.92. The Morgan fingerprint density at radius 2 is 1.79 bits per heavy atom. The van der Waals surface area contributed by atoms with E-state index in [-0.39, 0.29) is 10.9 Å². The molecule has 0 fully saturated rings. The van der Waals surface area contributed by atoms with Crippen LogP contribution in [0.15, 0.2) is 9.31 Å². The maximum atomic E-state index is 12.3. The molecule has 1 rings (SSSR count). The molecule has 2 N–H and O–H groups in total. The van der Waals surface area contributed by atoms with E-state index in [9.17, 15) is 8.42 Å². The van der Waals surface area contributed by atoms with E-state index in [1.165, 1.54) is 5.01 Å². The molecule has 0 spiro atoms. The van der Waals surface area contributed by atoms with Crippen LogP contribution < -0.4 is 10.1 Å². The highest BCUT2D eigenvalue weighted by Crippen LogP contribution is 2.26. The van der Waals surface area contributed by atoms with Gasteiger partial charge in [0.15, 0.2) is 0 Å². The number of furan rings is 1. The van der Waals surface area contributed by atoms with Crippen LogP contribution in [0.5, 0.6) is 0 Å². The summed E-state index contributed by atoms with van der Waals surface area (Å²) in [5.74, 6) is 1.04. The molecule has 0 unspecified atom stereocenters. The zero-order chi connectivity index (χ0) is 14.8. The smallest absolute Gasteiger partial charge is 0.257 e. The summed E-state index contributed by atoms with van der Waals surface area (Å²) < 4.78 is 30.1. The number of nitrogens with one attached hydrogen (secondary N) is 2. The lowest BCUT2D eigenvalue weighted by molar-refractivity contribution is 0.363. The van der Waals surface area contributed by atoms with E-state index in [1.807, 2.05) is 13.8 Å². The normalized spacial score (nSPS) is 12.6. The lowest BCUT2D eigenvalue weighted by atomic mass is 10.2. The zero-order valence-corrected chi connectivity index (χ0v) is 13.2. The van der Waals surface area contributed by atoms with Crippen LogP contribution in [0.4, 0.5) is 0 Å². The predicted molar refractivity (Wildman–Crippen MR) is 74.2 cm³/mol. The van der Waals surface area contributed by atoms with E-state index in [0.29, 0.717) is 23.6 Å². The molecule has 0 aliphatic rings. The molecule has 0 radical (unpaired) electrons. The van der Waals surface area contributed by atoms with Gasteiger partial charge in [0, 0.05) is 32.2 Å². The lowest BCUT2D eigenvalue weighted by Crippen LogP contribution is -2.37. The van der Waals surface area contributed by atoms with Gasteiger partial charge in [0.25, 0.3) is 10.0 Å². The standard InChI is InChI=1S/C12H23N3O3S/c1-8(2)13-7-11-9(3)18-10(4)12(11)19(16,17)14-15(5)6/h8,13-14H,7H2,1-6H3. The van der Waals surface area contributed by atoms with E-state index >= 15 is 0 Å². The Bertz CT molecular complexity index is 533.